The lowest BCUT2D eigenvalue weighted by Crippen LogP contribution is -2.45. The molecule has 8 atom stereocenters. The Hall–Kier alpha value is -0.0800. The highest BCUT2D eigenvalue weighted by atomic mass is 16.6. The van der Waals surface area contributed by atoms with Crippen LogP contribution in [0.5, 0.6) is 0 Å². The number of hydrogen-bond acceptors (Lipinski definition) is 2. The molecular weight excluding hydrogens is 320 g/mol. The maximum Gasteiger partial charge on any atom is 0.0842 e. The zero-order valence-electron chi connectivity index (χ0n) is 16.6. The van der Waals surface area contributed by atoms with Gasteiger partial charge in [0.25, 0.3) is 0 Å². The zero-order valence-corrected chi connectivity index (χ0v) is 16.6. The normalized spacial score (nSPS) is 55.4. The molecule has 0 aromatic carbocycles. The summed E-state index contributed by atoms with van der Waals surface area (Å²) in [6, 6.07) is 0. The lowest BCUT2D eigenvalue weighted by atomic mass is 9.49. The Bertz CT molecular complexity index is 498. The third-order valence-electron chi connectivity index (χ3n) is 10.1. The van der Waals surface area contributed by atoms with E-state index in [2.05, 4.69) is 0 Å². The Kier molecular flexibility index (Phi) is 4.02. The van der Waals surface area contributed by atoms with Crippen LogP contribution in [0.15, 0.2) is 0 Å². The summed E-state index contributed by atoms with van der Waals surface area (Å²) in [5.74, 6) is 2.12. The molecule has 0 aromatic rings. The van der Waals surface area contributed by atoms with E-state index in [0.717, 1.165) is 11.8 Å². The van der Waals surface area contributed by atoms with Crippen LogP contribution in [0, 0.1) is 22.7 Å². The van der Waals surface area contributed by atoms with Crippen LogP contribution in [0.25, 0.3) is 0 Å². The molecular formula is C24H38O2. The van der Waals surface area contributed by atoms with Crippen LogP contribution in [0.4, 0.5) is 0 Å². The minimum absolute atomic E-state index is 0.648. The van der Waals surface area contributed by atoms with Crippen LogP contribution in [-0.2, 0) is 9.47 Å². The van der Waals surface area contributed by atoms with E-state index in [1.165, 1.54) is 89.9 Å². The largest absolute Gasteiger partial charge is 0.370 e. The second-order valence-corrected chi connectivity index (χ2v) is 11.1. The molecule has 146 valence electrons. The van der Waals surface area contributed by atoms with Crippen molar-refractivity contribution in [3.8, 4) is 0 Å². The van der Waals surface area contributed by atoms with Crippen LogP contribution < -0.4 is 0 Å². The molecule has 0 bridgehead atoms. The van der Waals surface area contributed by atoms with E-state index in [0.29, 0.717) is 35.2 Å². The standard InChI is InChI=1S/C24H38O2/c1-3-17-7-11-23(17,13-9-21-19(5-1)25-21)15-16-24-12-8-18(24)4-2-6-20-22(26-20)10-14-24/h17-22H,1-16H2. The predicted molar refractivity (Wildman–Crippen MR) is 103 cm³/mol. The Morgan fingerprint density at radius 1 is 0.500 bits per heavy atom. The summed E-state index contributed by atoms with van der Waals surface area (Å²) in [6.07, 6.45) is 26.1. The molecule has 0 amide bonds. The Morgan fingerprint density at radius 3 is 1.35 bits per heavy atom. The van der Waals surface area contributed by atoms with Gasteiger partial charge in [-0.2, -0.15) is 0 Å². The van der Waals surface area contributed by atoms with Gasteiger partial charge in [0.2, 0.25) is 0 Å². The molecule has 2 heterocycles. The van der Waals surface area contributed by atoms with E-state index in [4.69, 9.17) is 9.47 Å². The molecule has 8 unspecified atom stereocenters. The topological polar surface area (TPSA) is 25.1 Å². The molecule has 4 saturated carbocycles. The second-order valence-electron chi connectivity index (χ2n) is 11.1. The summed E-state index contributed by atoms with van der Waals surface area (Å²) in [7, 11) is 0. The van der Waals surface area contributed by atoms with E-state index < -0.39 is 0 Å². The summed E-state index contributed by atoms with van der Waals surface area (Å²) >= 11 is 0. The molecule has 2 saturated heterocycles. The van der Waals surface area contributed by atoms with Crippen molar-refractivity contribution >= 4 is 0 Å². The lowest BCUT2D eigenvalue weighted by molar-refractivity contribution is -0.0535. The van der Waals surface area contributed by atoms with Gasteiger partial charge in [-0.3, -0.25) is 0 Å². The van der Waals surface area contributed by atoms with Crippen LogP contribution >= 0.6 is 0 Å². The van der Waals surface area contributed by atoms with Crippen molar-refractivity contribution in [3.63, 3.8) is 0 Å². The summed E-state index contributed by atoms with van der Waals surface area (Å²) in [5, 5.41) is 0. The number of fused-ring (bicyclic) bond motifs is 4. The van der Waals surface area contributed by atoms with Gasteiger partial charge in [-0.1, -0.05) is 12.8 Å². The van der Waals surface area contributed by atoms with Crippen molar-refractivity contribution < 1.29 is 9.47 Å². The Morgan fingerprint density at radius 2 is 0.923 bits per heavy atom. The predicted octanol–water partition coefficient (Wildman–Crippen LogP) is 6.02. The molecule has 6 aliphatic rings. The first kappa shape index (κ1) is 16.8. The van der Waals surface area contributed by atoms with Crippen molar-refractivity contribution in [2.75, 3.05) is 0 Å². The molecule has 4 aliphatic carbocycles. The van der Waals surface area contributed by atoms with Gasteiger partial charge in [-0.05, 0) is 113 Å². The van der Waals surface area contributed by atoms with Gasteiger partial charge in [-0.25, -0.2) is 0 Å². The smallest absolute Gasteiger partial charge is 0.0842 e. The van der Waals surface area contributed by atoms with Crippen molar-refractivity contribution in [1.82, 2.24) is 0 Å². The SMILES string of the molecule is C1CC2OC2CCC2(CCC34CCC5OC5CCCC3CC4)CCC2C1. The molecule has 6 rings (SSSR count). The van der Waals surface area contributed by atoms with Gasteiger partial charge in [0.1, 0.15) is 0 Å². The molecule has 2 aliphatic heterocycles. The zero-order chi connectivity index (χ0) is 17.2. The first-order valence-electron chi connectivity index (χ1n) is 12.1. The first-order valence-corrected chi connectivity index (χ1v) is 12.1. The van der Waals surface area contributed by atoms with Gasteiger partial charge >= 0.3 is 0 Å². The molecule has 6 fully saturated rings. The molecule has 0 spiro atoms. The fourth-order valence-electron chi connectivity index (χ4n) is 7.84. The quantitative estimate of drug-likeness (QED) is 0.576. The van der Waals surface area contributed by atoms with Crippen molar-refractivity contribution in [2.24, 2.45) is 22.7 Å². The molecule has 0 aromatic heterocycles. The maximum absolute atomic E-state index is 5.94. The van der Waals surface area contributed by atoms with Crippen LogP contribution in [0.3, 0.4) is 0 Å². The highest BCUT2D eigenvalue weighted by molar-refractivity contribution is 5.04. The van der Waals surface area contributed by atoms with Gasteiger partial charge in [0.05, 0.1) is 24.4 Å². The lowest BCUT2D eigenvalue weighted by Gasteiger charge is -2.56. The third-order valence-corrected chi connectivity index (χ3v) is 10.1. The molecule has 0 radical (unpaired) electrons. The van der Waals surface area contributed by atoms with Crippen molar-refractivity contribution in [2.45, 2.75) is 127 Å². The van der Waals surface area contributed by atoms with Gasteiger partial charge in [0.15, 0.2) is 0 Å². The third kappa shape index (κ3) is 2.81. The summed E-state index contributed by atoms with van der Waals surface area (Å²) in [5.41, 5.74) is 1.43. The van der Waals surface area contributed by atoms with Crippen LogP contribution in [0.2, 0.25) is 0 Å². The van der Waals surface area contributed by atoms with Crippen LogP contribution in [0.1, 0.15) is 103 Å². The summed E-state index contributed by atoms with van der Waals surface area (Å²) in [4.78, 5) is 0. The number of rotatable bonds is 3. The van der Waals surface area contributed by atoms with Gasteiger partial charge in [0, 0.05) is 0 Å². The first-order chi connectivity index (χ1) is 12.8. The molecule has 2 heteroatoms. The molecule has 2 nitrogen and oxygen atoms in total. The van der Waals surface area contributed by atoms with Crippen LogP contribution in [-0.4, -0.2) is 24.4 Å². The fraction of sp³-hybridized carbons (Fsp3) is 1.00. The van der Waals surface area contributed by atoms with Gasteiger partial charge < -0.3 is 9.47 Å². The Balaban J connectivity index is 1.14. The monoisotopic (exact) mass is 358 g/mol. The average molecular weight is 359 g/mol. The second kappa shape index (κ2) is 6.21. The van der Waals surface area contributed by atoms with E-state index in [1.54, 1.807) is 12.8 Å². The van der Waals surface area contributed by atoms with E-state index >= 15 is 0 Å². The highest BCUT2D eigenvalue weighted by Gasteiger charge is 2.53. The van der Waals surface area contributed by atoms with Crippen molar-refractivity contribution in [1.29, 1.82) is 0 Å². The Labute approximate surface area is 159 Å². The fourth-order valence-corrected chi connectivity index (χ4v) is 7.84. The number of epoxide rings is 2. The maximum atomic E-state index is 5.94. The minimum Gasteiger partial charge on any atom is -0.370 e. The summed E-state index contributed by atoms with van der Waals surface area (Å²) < 4.78 is 11.9. The molecule has 26 heavy (non-hydrogen) atoms. The minimum atomic E-state index is 0.648. The average Bonchev–Trinajstić information content (AvgIpc) is 3.52. The summed E-state index contributed by atoms with van der Waals surface area (Å²) in [6.45, 7) is 0. The van der Waals surface area contributed by atoms with E-state index in [1.807, 2.05) is 0 Å². The molecule has 0 N–H and O–H groups in total. The van der Waals surface area contributed by atoms with E-state index in [9.17, 15) is 0 Å². The van der Waals surface area contributed by atoms with Crippen molar-refractivity contribution in [3.05, 3.63) is 0 Å². The highest BCUT2D eigenvalue weighted by Crippen LogP contribution is 2.62. The van der Waals surface area contributed by atoms with Gasteiger partial charge in [-0.15, -0.1) is 0 Å². The number of ether oxygens (including phenoxy) is 2. The van der Waals surface area contributed by atoms with E-state index in [-0.39, 0.29) is 0 Å². The number of hydrogen-bond donors (Lipinski definition) is 0.